The maximum absolute atomic E-state index is 13.4. The number of benzene rings is 1. The molecule has 2 atom stereocenters. The highest BCUT2D eigenvalue weighted by Crippen LogP contribution is 2.27. The van der Waals surface area contributed by atoms with Crippen molar-refractivity contribution in [2.75, 3.05) is 37.0 Å². The van der Waals surface area contributed by atoms with Crippen molar-refractivity contribution < 1.29 is 9.47 Å². The zero-order valence-electron chi connectivity index (χ0n) is 19.8. The van der Waals surface area contributed by atoms with Gasteiger partial charge in [0.1, 0.15) is 23.1 Å². The summed E-state index contributed by atoms with van der Waals surface area (Å²) >= 11 is 0. The van der Waals surface area contributed by atoms with Crippen molar-refractivity contribution in [2.45, 2.75) is 32.9 Å². The van der Waals surface area contributed by atoms with Crippen LogP contribution in [-0.2, 0) is 11.8 Å². The monoisotopic (exact) mass is 449 g/mol. The van der Waals surface area contributed by atoms with Gasteiger partial charge in [-0.3, -0.25) is 9.36 Å². The lowest BCUT2D eigenvalue weighted by Gasteiger charge is -2.22. The second-order valence-electron chi connectivity index (χ2n) is 8.28. The molecule has 1 aliphatic heterocycles. The molecule has 1 N–H and O–H groups in total. The van der Waals surface area contributed by atoms with E-state index in [0.29, 0.717) is 36.9 Å². The predicted octanol–water partition coefficient (Wildman–Crippen LogP) is 3.17. The van der Waals surface area contributed by atoms with Crippen molar-refractivity contribution >= 4 is 11.5 Å². The SMILES string of the molecule is CCO[C@@H]1CN(c2ccccn2)C[C@H]1Nc1c(C)nc(-c2ccc(OC)cc2C)n(C)c1=O. The number of nitrogens with zero attached hydrogens (tertiary/aromatic N) is 4. The minimum Gasteiger partial charge on any atom is -0.497 e. The van der Waals surface area contributed by atoms with Gasteiger partial charge in [0.2, 0.25) is 0 Å². The van der Waals surface area contributed by atoms with Gasteiger partial charge in [-0.25, -0.2) is 9.97 Å². The number of hydrogen-bond acceptors (Lipinski definition) is 7. The van der Waals surface area contributed by atoms with E-state index in [2.05, 4.69) is 15.2 Å². The number of aromatic nitrogens is 3. The zero-order chi connectivity index (χ0) is 23.5. The Morgan fingerprint density at radius 1 is 1.18 bits per heavy atom. The molecule has 174 valence electrons. The van der Waals surface area contributed by atoms with Gasteiger partial charge in [0.15, 0.2) is 0 Å². The van der Waals surface area contributed by atoms with E-state index in [9.17, 15) is 4.79 Å². The molecule has 0 saturated carbocycles. The fraction of sp³-hybridized carbons (Fsp3) is 0.400. The molecule has 0 spiro atoms. The van der Waals surface area contributed by atoms with Gasteiger partial charge in [0.05, 0.1) is 24.9 Å². The Morgan fingerprint density at radius 2 is 2.00 bits per heavy atom. The molecular weight excluding hydrogens is 418 g/mol. The molecule has 1 aliphatic rings. The molecule has 4 rings (SSSR count). The molecule has 8 heteroatoms. The van der Waals surface area contributed by atoms with Crippen molar-refractivity contribution in [3.63, 3.8) is 0 Å². The van der Waals surface area contributed by atoms with E-state index in [1.54, 1.807) is 24.9 Å². The van der Waals surface area contributed by atoms with E-state index in [1.807, 2.05) is 57.2 Å². The molecule has 0 unspecified atom stereocenters. The van der Waals surface area contributed by atoms with Crippen LogP contribution in [0.25, 0.3) is 11.4 Å². The Hall–Kier alpha value is -3.39. The molecule has 0 bridgehead atoms. The summed E-state index contributed by atoms with van der Waals surface area (Å²) in [6.45, 7) is 7.83. The van der Waals surface area contributed by atoms with Crippen LogP contribution < -0.4 is 20.5 Å². The highest BCUT2D eigenvalue weighted by Gasteiger charge is 2.35. The van der Waals surface area contributed by atoms with Gasteiger partial charge >= 0.3 is 0 Å². The molecule has 3 aromatic rings. The zero-order valence-corrected chi connectivity index (χ0v) is 19.8. The van der Waals surface area contributed by atoms with Gasteiger partial charge in [-0.15, -0.1) is 0 Å². The van der Waals surface area contributed by atoms with Crippen LogP contribution >= 0.6 is 0 Å². The number of anilines is 2. The van der Waals surface area contributed by atoms with Crippen LogP contribution in [0.4, 0.5) is 11.5 Å². The normalized spacial score (nSPS) is 17.9. The van der Waals surface area contributed by atoms with Gasteiger partial charge in [-0.1, -0.05) is 6.07 Å². The molecule has 0 aliphatic carbocycles. The van der Waals surface area contributed by atoms with Crippen molar-refractivity contribution in [3.8, 4) is 17.1 Å². The van der Waals surface area contributed by atoms with Crippen LogP contribution in [0.3, 0.4) is 0 Å². The number of rotatable bonds is 7. The summed E-state index contributed by atoms with van der Waals surface area (Å²) < 4.78 is 12.9. The largest absolute Gasteiger partial charge is 0.497 e. The van der Waals surface area contributed by atoms with Crippen LogP contribution in [-0.4, -0.2) is 53.5 Å². The highest BCUT2D eigenvalue weighted by atomic mass is 16.5. The fourth-order valence-corrected chi connectivity index (χ4v) is 4.34. The highest BCUT2D eigenvalue weighted by molar-refractivity contribution is 5.64. The average molecular weight is 450 g/mol. The van der Waals surface area contributed by atoms with E-state index >= 15 is 0 Å². The summed E-state index contributed by atoms with van der Waals surface area (Å²) in [5, 5.41) is 3.45. The predicted molar refractivity (Wildman–Crippen MR) is 130 cm³/mol. The first kappa shape index (κ1) is 22.8. The van der Waals surface area contributed by atoms with Crippen molar-refractivity contribution in [3.05, 3.63) is 64.2 Å². The second kappa shape index (κ2) is 9.62. The van der Waals surface area contributed by atoms with E-state index in [0.717, 1.165) is 22.7 Å². The van der Waals surface area contributed by atoms with Crippen LogP contribution in [0.1, 0.15) is 18.2 Å². The molecule has 2 aromatic heterocycles. The summed E-state index contributed by atoms with van der Waals surface area (Å²) in [4.78, 5) is 24.8. The lowest BCUT2D eigenvalue weighted by molar-refractivity contribution is 0.0720. The molecular formula is C25H31N5O3. The third-order valence-corrected chi connectivity index (χ3v) is 6.10. The number of ether oxygens (including phenoxy) is 2. The van der Waals surface area contributed by atoms with Crippen LogP contribution in [0.5, 0.6) is 5.75 Å². The Balaban J connectivity index is 1.64. The number of methoxy groups -OCH3 is 1. The Bertz CT molecular complexity index is 1180. The lowest BCUT2D eigenvalue weighted by Crippen LogP contribution is -2.38. The molecule has 33 heavy (non-hydrogen) atoms. The second-order valence-corrected chi connectivity index (χ2v) is 8.28. The maximum Gasteiger partial charge on any atom is 0.277 e. The third-order valence-electron chi connectivity index (χ3n) is 6.10. The summed E-state index contributed by atoms with van der Waals surface area (Å²) in [5.74, 6) is 2.31. The molecule has 1 saturated heterocycles. The number of hydrogen-bond donors (Lipinski definition) is 1. The molecule has 8 nitrogen and oxygen atoms in total. The van der Waals surface area contributed by atoms with Crippen LogP contribution in [0, 0.1) is 13.8 Å². The first-order valence-corrected chi connectivity index (χ1v) is 11.2. The Kier molecular flexibility index (Phi) is 6.65. The summed E-state index contributed by atoms with van der Waals surface area (Å²) in [6.07, 6.45) is 1.72. The van der Waals surface area contributed by atoms with Gasteiger partial charge < -0.3 is 19.7 Å². The van der Waals surface area contributed by atoms with Crippen LogP contribution in [0.2, 0.25) is 0 Å². The van der Waals surface area contributed by atoms with Crippen molar-refractivity contribution in [1.29, 1.82) is 0 Å². The fourth-order valence-electron chi connectivity index (χ4n) is 4.34. The molecule has 1 fully saturated rings. The smallest absolute Gasteiger partial charge is 0.277 e. The first-order chi connectivity index (χ1) is 15.9. The standard InChI is InChI=1S/C25H31N5O3/c1-6-33-21-15-30(22-9-7-8-12-26-22)14-20(21)28-23-17(3)27-24(29(4)25(23)31)19-11-10-18(32-5)13-16(19)2/h7-13,20-21,28H,6,14-15H2,1-5H3/t20-,21-/m1/s1. The number of aryl methyl sites for hydroxylation is 2. The quantitative estimate of drug-likeness (QED) is 0.593. The van der Waals surface area contributed by atoms with Gasteiger partial charge in [-0.05, 0) is 56.7 Å². The maximum atomic E-state index is 13.4. The first-order valence-electron chi connectivity index (χ1n) is 11.2. The molecule has 0 amide bonds. The number of nitrogens with one attached hydrogen (secondary N) is 1. The van der Waals surface area contributed by atoms with Crippen molar-refractivity contribution in [1.82, 2.24) is 14.5 Å². The molecule has 0 radical (unpaired) electrons. The summed E-state index contributed by atoms with van der Waals surface area (Å²) in [6, 6.07) is 11.6. The topological polar surface area (TPSA) is 81.5 Å². The minimum absolute atomic E-state index is 0.0614. The van der Waals surface area contributed by atoms with E-state index in [1.165, 1.54) is 0 Å². The van der Waals surface area contributed by atoms with Gasteiger partial charge in [-0.2, -0.15) is 0 Å². The summed E-state index contributed by atoms with van der Waals surface area (Å²) in [7, 11) is 3.40. The summed E-state index contributed by atoms with van der Waals surface area (Å²) in [5.41, 5.74) is 2.95. The molecule has 3 heterocycles. The third kappa shape index (κ3) is 4.57. The van der Waals surface area contributed by atoms with Gasteiger partial charge in [0.25, 0.3) is 5.56 Å². The van der Waals surface area contributed by atoms with Crippen molar-refractivity contribution in [2.24, 2.45) is 7.05 Å². The number of pyridine rings is 1. The van der Waals surface area contributed by atoms with E-state index < -0.39 is 0 Å². The van der Waals surface area contributed by atoms with E-state index in [-0.39, 0.29) is 17.7 Å². The average Bonchev–Trinajstić information content (AvgIpc) is 3.22. The Morgan fingerprint density at radius 3 is 2.67 bits per heavy atom. The van der Waals surface area contributed by atoms with E-state index in [4.69, 9.17) is 14.5 Å². The minimum atomic E-state index is -0.112. The van der Waals surface area contributed by atoms with Crippen LogP contribution in [0.15, 0.2) is 47.4 Å². The lowest BCUT2D eigenvalue weighted by atomic mass is 10.1. The van der Waals surface area contributed by atoms with Gasteiger partial charge in [0, 0.05) is 38.5 Å². The molecule has 1 aromatic carbocycles. The Labute approximate surface area is 194 Å².